The first kappa shape index (κ1) is 19.4. The maximum atomic E-state index is 12.9. The number of benzene rings is 3. The number of hydrogen-bond donors (Lipinski definition) is 1. The Morgan fingerprint density at radius 1 is 1.03 bits per heavy atom. The second-order valence-electron chi connectivity index (χ2n) is 6.15. The minimum absolute atomic E-state index is 0.136. The largest absolute Gasteiger partial charge is 0.496 e. The van der Waals surface area contributed by atoms with Crippen molar-refractivity contribution in [2.45, 2.75) is 11.4 Å². The number of hydrogen-bond acceptors (Lipinski definition) is 6. The Hall–Kier alpha value is -2.94. The molecule has 0 saturated carbocycles. The van der Waals surface area contributed by atoms with E-state index in [1.807, 2.05) is 12.1 Å². The van der Waals surface area contributed by atoms with Crippen LogP contribution in [0, 0.1) is 0 Å². The Labute approximate surface area is 172 Å². The van der Waals surface area contributed by atoms with Crippen LogP contribution < -0.4 is 9.46 Å². The fourth-order valence-corrected chi connectivity index (χ4v) is 4.24. The first-order valence-corrected chi connectivity index (χ1v) is 10.5. The summed E-state index contributed by atoms with van der Waals surface area (Å²) < 4.78 is 38.7. The van der Waals surface area contributed by atoms with Gasteiger partial charge in [-0.1, -0.05) is 41.0 Å². The number of nitrogens with one attached hydrogen (secondary N) is 1. The van der Waals surface area contributed by atoms with E-state index in [-0.39, 0.29) is 17.3 Å². The zero-order valence-corrected chi connectivity index (χ0v) is 16.9. The van der Waals surface area contributed by atoms with Crippen molar-refractivity contribution in [1.82, 2.24) is 14.9 Å². The molecule has 0 amide bonds. The molecule has 9 heteroatoms. The molecule has 1 N–H and O–H groups in total. The summed E-state index contributed by atoms with van der Waals surface area (Å²) in [6.45, 7) is -0.136. The normalized spacial score (nSPS) is 11.7. The van der Waals surface area contributed by atoms with E-state index in [1.54, 1.807) is 49.6 Å². The van der Waals surface area contributed by atoms with Crippen molar-refractivity contribution in [2.24, 2.45) is 0 Å². The topological polar surface area (TPSA) is 94.3 Å². The minimum Gasteiger partial charge on any atom is -0.496 e. The Bertz CT molecular complexity index is 1270. The van der Waals surface area contributed by atoms with Crippen LogP contribution in [0.3, 0.4) is 0 Å². The predicted octanol–water partition coefficient (Wildman–Crippen LogP) is 4.03. The van der Waals surface area contributed by atoms with E-state index in [9.17, 15) is 8.42 Å². The Morgan fingerprint density at radius 2 is 1.76 bits per heavy atom. The molecule has 0 aliphatic rings. The lowest BCUT2D eigenvalue weighted by Crippen LogP contribution is -2.23. The van der Waals surface area contributed by atoms with Gasteiger partial charge in [-0.3, -0.25) is 0 Å². The van der Waals surface area contributed by atoms with E-state index >= 15 is 0 Å². The summed E-state index contributed by atoms with van der Waals surface area (Å²) in [6.07, 6.45) is 0. The van der Waals surface area contributed by atoms with Gasteiger partial charge in [-0.25, -0.2) is 13.1 Å². The first-order chi connectivity index (χ1) is 14.0. The third-order valence-electron chi connectivity index (χ3n) is 4.34. The molecule has 4 rings (SSSR count). The number of methoxy groups -OCH3 is 1. The van der Waals surface area contributed by atoms with Crippen molar-refractivity contribution in [1.29, 1.82) is 0 Å². The van der Waals surface area contributed by atoms with Gasteiger partial charge in [0, 0.05) is 21.4 Å². The van der Waals surface area contributed by atoms with E-state index in [2.05, 4.69) is 14.9 Å². The number of rotatable bonds is 6. The molecular weight excluding hydrogens is 414 g/mol. The average Bonchev–Trinajstić information content (AvgIpc) is 3.21. The van der Waals surface area contributed by atoms with Gasteiger partial charge in [0.15, 0.2) is 0 Å². The third-order valence-corrected chi connectivity index (χ3v) is 6.05. The summed E-state index contributed by atoms with van der Waals surface area (Å²) >= 11 is 5.87. The average molecular weight is 430 g/mol. The molecule has 0 aliphatic heterocycles. The van der Waals surface area contributed by atoms with E-state index in [1.165, 1.54) is 6.07 Å². The zero-order chi connectivity index (χ0) is 20.4. The van der Waals surface area contributed by atoms with Crippen LogP contribution in [0.25, 0.3) is 22.2 Å². The van der Waals surface area contributed by atoms with Gasteiger partial charge < -0.3 is 9.26 Å². The molecule has 0 saturated heterocycles. The Balaban J connectivity index is 1.58. The predicted molar refractivity (Wildman–Crippen MR) is 109 cm³/mol. The van der Waals surface area contributed by atoms with Gasteiger partial charge in [0.1, 0.15) is 5.75 Å². The van der Waals surface area contributed by atoms with Gasteiger partial charge >= 0.3 is 0 Å². The van der Waals surface area contributed by atoms with Crippen LogP contribution in [-0.2, 0) is 16.6 Å². The minimum atomic E-state index is -3.82. The second kappa shape index (κ2) is 7.82. The van der Waals surface area contributed by atoms with Crippen molar-refractivity contribution < 1.29 is 17.7 Å². The molecule has 29 heavy (non-hydrogen) atoms. The lowest BCUT2D eigenvalue weighted by molar-refractivity contribution is 0.376. The highest BCUT2D eigenvalue weighted by atomic mass is 35.5. The molecule has 1 aromatic heterocycles. The quantitative estimate of drug-likeness (QED) is 0.497. The molecule has 0 bridgehead atoms. The lowest BCUT2D eigenvalue weighted by Gasteiger charge is -2.11. The van der Waals surface area contributed by atoms with Crippen molar-refractivity contribution in [2.75, 3.05) is 7.11 Å². The highest BCUT2D eigenvalue weighted by Crippen LogP contribution is 2.30. The number of halogens is 1. The fourth-order valence-electron chi connectivity index (χ4n) is 2.93. The lowest BCUT2D eigenvalue weighted by atomic mass is 10.1. The molecule has 3 aromatic carbocycles. The van der Waals surface area contributed by atoms with Crippen LogP contribution in [0.1, 0.15) is 5.89 Å². The number of fused-ring (bicyclic) bond motifs is 1. The van der Waals surface area contributed by atoms with E-state index < -0.39 is 10.0 Å². The Kier molecular flexibility index (Phi) is 5.23. The van der Waals surface area contributed by atoms with Crippen molar-refractivity contribution in [3.63, 3.8) is 0 Å². The molecule has 0 fully saturated rings. The molecule has 0 unspecified atom stereocenters. The van der Waals surface area contributed by atoms with Gasteiger partial charge in [0.25, 0.3) is 0 Å². The molecule has 0 radical (unpaired) electrons. The highest BCUT2D eigenvalue weighted by Gasteiger charge is 2.20. The molecule has 7 nitrogen and oxygen atoms in total. The van der Waals surface area contributed by atoms with E-state index in [0.717, 1.165) is 0 Å². The number of ether oxygens (including phenoxy) is 1. The molecule has 0 spiro atoms. The van der Waals surface area contributed by atoms with Crippen LogP contribution in [0.4, 0.5) is 0 Å². The van der Waals surface area contributed by atoms with Gasteiger partial charge in [-0.05, 0) is 36.4 Å². The molecule has 4 aromatic rings. The summed E-state index contributed by atoms with van der Waals surface area (Å²) in [5.41, 5.74) is 0.716. The third kappa shape index (κ3) is 3.95. The molecule has 148 valence electrons. The van der Waals surface area contributed by atoms with Crippen LogP contribution in [0.2, 0.25) is 5.02 Å². The van der Waals surface area contributed by atoms with E-state index in [4.69, 9.17) is 20.9 Å². The second-order valence-corrected chi connectivity index (χ2v) is 8.33. The van der Waals surface area contributed by atoms with Crippen LogP contribution in [0.5, 0.6) is 5.75 Å². The van der Waals surface area contributed by atoms with E-state index in [0.29, 0.717) is 32.9 Å². The van der Waals surface area contributed by atoms with Crippen LogP contribution in [-0.4, -0.2) is 25.7 Å². The fraction of sp³-hybridized carbons (Fsp3) is 0.100. The van der Waals surface area contributed by atoms with Crippen LogP contribution >= 0.6 is 11.6 Å². The number of aromatic nitrogens is 2. The highest BCUT2D eigenvalue weighted by molar-refractivity contribution is 7.89. The van der Waals surface area contributed by atoms with Gasteiger partial charge in [-0.15, -0.1) is 0 Å². The SMILES string of the molecule is COc1ccc(S(=O)(=O)NCc2nc(-c3ccc(Cl)cc3)no2)c2ccccc12. The Morgan fingerprint density at radius 3 is 2.48 bits per heavy atom. The number of sulfonamides is 1. The molecule has 0 atom stereocenters. The maximum Gasteiger partial charge on any atom is 0.242 e. The monoisotopic (exact) mass is 429 g/mol. The summed E-state index contributed by atoms with van der Waals surface area (Å²) in [4.78, 5) is 4.37. The van der Waals surface area contributed by atoms with Crippen molar-refractivity contribution >= 4 is 32.4 Å². The summed E-state index contributed by atoms with van der Waals surface area (Å²) in [5.74, 6) is 1.10. The zero-order valence-electron chi connectivity index (χ0n) is 15.3. The molecular formula is C20H16ClN3O4S. The smallest absolute Gasteiger partial charge is 0.242 e. The summed E-state index contributed by atoms with van der Waals surface area (Å²) in [6, 6.07) is 17.2. The van der Waals surface area contributed by atoms with Gasteiger partial charge in [0.2, 0.25) is 21.7 Å². The standard InChI is InChI=1S/C20H16ClN3O4S/c1-27-17-10-11-18(16-5-3-2-4-15(16)17)29(25,26)22-12-19-23-20(24-28-19)13-6-8-14(21)9-7-13/h2-11,22H,12H2,1H3. The van der Waals surface area contributed by atoms with Gasteiger partial charge in [0.05, 0.1) is 18.6 Å². The first-order valence-electron chi connectivity index (χ1n) is 8.62. The molecule has 1 heterocycles. The summed E-state index contributed by atoms with van der Waals surface area (Å²) in [5, 5.41) is 5.75. The van der Waals surface area contributed by atoms with Crippen LogP contribution in [0.15, 0.2) is 70.1 Å². The maximum absolute atomic E-state index is 12.9. The van der Waals surface area contributed by atoms with Crippen molar-refractivity contribution in [3.05, 3.63) is 71.6 Å². The number of nitrogens with zero attached hydrogens (tertiary/aromatic N) is 2. The summed E-state index contributed by atoms with van der Waals surface area (Å²) in [7, 11) is -2.28. The molecule has 0 aliphatic carbocycles. The van der Waals surface area contributed by atoms with Gasteiger partial charge in [-0.2, -0.15) is 4.98 Å². The van der Waals surface area contributed by atoms with Crippen molar-refractivity contribution in [3.8, 4) is 17.1 Å².